The lowest BCUT2D eigenvalue weighted by Crippen LogP contribution is -2.28. The molecule has 1 aromatic heterocycles. The highest BCUT2D eigenvalue weighted by molar-refractivity contribution is 5.58. The fraction of sp³-hybridized carbons (Fsp3) is 0.500. The molecule has 1 saturated heterocycles. The zero-order chi connectivity index (χ0) is 17.1. The van der Waals surface area contributed by atoms with Gasteiger partial charge in [0.1, 0.15) is 5.82 Å². The van der Waals surface area contributed by atoms with E-state index in [4.69, 9.17) is 4.98 Å². The third-order valence-corrected chi connectivity index (χ3v) is 4.52. The molecule has 1 aliphatic heterocycles. The molecule has 0 atom stereocenters. The summed E-state index contributed by atoms with van der Waals surface area (Å²) in [6.45, 7) is 3.73. The highest BCUT2D eigenvalue weighted by Crippen LogP contribution is 2.28. The minimum atomic E-state index is -0.834. The van der Waals surface area contributed by atoms with Gasteiger partial charge in [-0.15, -0.1) is 0 Å². The number of nitrogens with one attached hydrogen (secondary N) is 1. The molecule has 24 heavy (non-hydrogen) atoms. The molecule has 1 aliphatic rings. The van der Waals surface area contributed by atoms with Gasteiger partial charge in [0.2, 0.25) is 0 Å². The van der Waals surface area contributed by atoms with Crippen molar-refractivity contribution < 1.29 is 8.78 Å². The molecule has 0 spiro atoms. The summed E-state index contributed by atoms with van der Waals surface area (Å²) in [5, 5.41) is 3.37. The molecule has 2 aromatic rings. The first-order valence-electron chi connectivity index (χ1n) is 8.42. The maximum Gasteiger partial charge on any atom is 0.159 e. The molecule has 1 fully saturated rings. The topological polar surface area (TPSA) is 33.1 Å². The van der Waals surface area contributed by atoms with Gasteiger partial charge in [-0.3, -0.25) is 0 Å². The number of hydrogen-bond acceptors (Lipinski definition) is 3. The first-order chi connectivity index (χ1) is 11.5. The van der Waals surface area contributed by atoms with Crippen LogP contribution in [0.15, 0.2) is 24.4 Å². The monoisotopic (exact) mass is 334 g/mol. The van der Waals surface area contributed by atoms with Gasteiger partial charge < -0.3 is 14.8 Å². The average Bonchev–Trinajstić information content (AvgIpc) is 3.00. The Kier molecular flexibility index (Phi) is 5.26. The van der Waals surface area contributed by atoms with E-state index in [2.05, 4.69) is 14.8 Å². The molecule has 0 amide bonds. The van der Waals surface area contributed by atoms with Crippen LogP contribution in [0.1, 0.15) is 24.6 Å². The molecular weight excluding hydrogens is 310 g/mol. The molecule has 1 N–H and O–H groups in total. The summed E-state index contributed by atoms with van der Waals surface area (Å²) in [6, 6.07) is 3.97. The zero-order valence-corrected chi connectivity index (χ0v) is 14.2. The Hall–Kier alpha value is -1.79. The second-order valence-corrected chi connectivity index (χ2v) is 6.63. The first kappa shape index (κ1) is 17.0. The Bertz CT molecular complexity index is 690. The summed E-state index contributed by atoms with van der Waals surface area (Å²) in [6.07, 6.45) is 4.07. The van der Waals surface area contributed by atoms with Crippen molar-refractivity contribution in [2.45, 2.75) is 25.3 Å². The second-order valence-electron chi connectivity index (χ2n) is 6.63. The quantitative estimate of drug-likeness (QED) is 0.913. The molecule has 130 valence electrons. The second kappa shape index (κ2) is 7.40. The third-order valence-electron chi connectivity index (χ3n) is 4.52. The SMILES string of the molecule is CN(C)CCn1cc(-c2ccc(F)c(F)c2)nc1C1CCNCC1. The fourth-order valence-electron chi connectivity index (χ4n) is 3.12. The fourth-order valence-corrected chi connectivity index (χ4v) is 3.12. The predicted octanol–water partition coefficient (Wildman–Crippen LogP) is 2.86. The van der Waals surface area contributed by atoms with Crippen molar-refractivity contribution in [1.82, 2.24) is 19.8 Å². The van der Waals surface area contributed by atoms with Gasteiger partial charge in [-0.2, -0.15) is 0 Å². The van der Waals surface area contributed by atoms with E-state index in [0.717, 1.165) is 50.9 Å². The van der Waals surface area contributed by atoms with Crippen molar-refractivity contribution in [3.8, 4) is 11.3 Å². The number of imidazole rings is 1. The Morgan fingerprint density at radius 1 is 1.21 bits per heavy atom. The molecule has 0 aliphatic carbocycles. The van der Waals surface area contributed by atoms with Crippen LogP contribution in [0.25, 0.3) is 11.3 Å². The van der Waals surface area contributed by atoms with Crippen molar-refractivity contribution in [1.29, 1.82) is 0 Å². The molecule has 0 bridgehead atoms. The van der Waals surface area contributed by atoms with E-state index in [1.54, 1.807) is 6.07 Å². The van der Waals surface area contributed by atoms with Gasteiger partial charge in [-0.1, -0.05) is 0 Å². The summed E-state index contributed by atoms with van der Waals surface area (Å²) in [7, 11) is 4.08. The minimum Gasteiger partial charge on any atom is -0.333 e. The van der Waals surface area contributed by atoms with Crippen LogP contribution in [0, 0.1) is 11.6 Å². The summed E-state index contributed by atoms with van der Waals surface area (Å²) in [5.74, 6) is -0.200. The van der Waals surface area contributed by atoms with Crippen LogP contribution in [0.3, 0.4) is 0 Å². The van der Waals surface area contributed by atoms with Crippen molar-refractivity contribution in [3.63, 3.8) is 0 Å². The Morgan fingerprint density at radius 2 is 1.96 bits per heavy atom. The van der Waals surface area contributed by atoms with Crippen LogP contribution < -0.4 is 5.32 Å². The maximum absolute atomic E-state index is 13.6. The largest absolute Gasteiger partial charge is 0.333 e. The van der Waals surface area contributed by atoms with Crippen LogP contribution in [-0.2, 0) is 6.54 Å². The lowest BCUT2D eigenvalue weighted by atomic mass is 9.97. The van der Waals surface area contributed by atoms with E-state index in [0.29, 0.717) is 17.2 Å². The number of nitrogens with zero attached hydrogens (tertiary/aromatic N) is 3. The third kappa shape index (κ3) is 3.82. The van der Waals surface area contributed by atoms with E-state index in [1.807, 2.05) is 20.3 Å². The lowest BCUT2D eigenvalue weighted by Gasteiger charge is -2.23. The van der Waals surface area contributed by atoms with E-state index >= 15 is 0 Å². The molecule has 0 saturated carbocycles. The molecule has 3 rings (SSSR count). The zero-order valence-electron chi connectivity index (χ0n) is 14.2. The van der Waals surface area contributed by atoms with Crippen LogP contribution in [0.4, 0.5) is 8.78 Å². The predicted molar refractivity (Wildman–Crippen MR) is 91.0 cm³/mol. The summed E-state index contributed by atoms with van der Waals surface area (Å²) < 4.78 is 28.9. The maximum atomic E-state index is 13.6. The number of likely N-dealkylation sites (N-methyl/N-ethyl adjacent to an activating group) is 1. The minimum absolute atomic E-state index is 0.410. The van der Waals surface area contributed by atoms with Crippen molar-refractivity contribution in [2.75, 3.05) is 33.7 Å². The lowest BCUT2D eigenvalue weighted by molar-refractivity contribution is 0.369. The number of rotatable bonds is 5. The van der Waals surface area contributed by atoms with Gasteiger partial charge in [0.05, 0.1) is 5.69 Å². The van der Waals surface area contributed by atoms with E-state index in [1.165, 1.54) is 6.07 Å². The van der Waals surface area contributed by atoms with E-state index in [9.17, 15) is 8.78 Å². The van der Waals surface area contributed by atoms with Crippen molar-refractivity contribution in [3.05, 3.63) is 41.9 Å². The van der Waals surface area contributed by atoms with Gasteiger partial charge in [-0.25, -0.2) is 13.8 Å². The highest BCUT2D eigenvalue weighted by atomic mass is 19.2. The first-order valence-corrected chi connectivity index (χ1v) is 8.42. The number of halogens is 2. The molecule has 1 aromatic carbocycles. The van der Waals surface area contributed by atoms with Crippen LogP contribution in [-0.4, -0.2) is 48.2 Å². The molecule has 4 nitrogen and oxygen atoms in total. The van der Waals surface area contributed by atoms with Gasteiger partial charge in [0.15, 0.2) is 11.6 Å². The van der Waals surface area contributed by atoms with E-state index < -0.39 is 11.6 Å². The standard InChI is InChI=1S/C18H24F2N4/c1-23(2)9-10-24-12-17(14-3-4-15(19)16(20)11-14)22-18(24)13-5-7-21-8-6-13/h3-4,11-13,21H,5-10H2,1-2H3. The molecule has 2 heterocycles. The van der Waals surface area contributed by atoms with Crippen LogP contribution in [0.5, 0.6) is 0 Å². The normalized spacial score (nSPS) is 16.0. The van der Waals surface area contributed by atoms with E-state index in [-0.39, 0.29) is 0 Å². The Balaban J connectivity index is 1.93. The van der Waals surface area contributed by atoms with Gasteiger partial charge in [-0.05, 0) is 58.2 Å². The van der Waals surface area contributed by atoms with Crippen molar-refractivity contribution >= 4 is 0 Å². The molecule has 6 heteroatoms. The molecular formula is C18H24F2N4. The number of hydrogen-bond donors (Lipinski definition) is 1. The Labute approximate surface area is 141 Å². The van der Waals surface area contributed by atoms with Crippen molar-refractivity contribution in [2.24, 2.45) is 0 Å². The smallest absolute Gasteiger partial charge is 0.159 e. The van der Waals surface area contributed by atoms with Gasteiger partial charge >= 0.3 is 0 Å². The number of aromatic nitrogens is 2. The van der Waals surface area contributed by atoms with Crippen LogP contribution in [0.2, 0.25) is 0 Å². The average molecular weight is 334 g/mol. The van der Waals surface area contributed by atoms with Gasteiger partial charge in [0, 0.05) is 30.8 Å². The number of benzene rings is 1. The highest BCUT2D eigenvalue weighted by Gasteiger charge is 2.22. The summed E-state index contributed by atoms with van der Waals surface area (Å²) in [5.41, 5.74) is 1.33. The molecule has 0 unspecified atom stereocenters. The Morgan fingerprint density at radius 3 is 2.62 bits per heavy atom. The summed E-state index contributed by atoms with van der Waals surface area (Å²) in [4.78, 5) is 6.91. The summed E-state index contributed by atoms with van der Waals surface area (Å²) >= 11 is 0. The molecule has 0 radical (unpaired) electrons. The number of piperidine rings is 1. The van der Waals surface area contributed by atoms with Crippen LogP contribution >= 0.6 is 0 Å². The van der Waals surface area contributed by atoms with Gasteiger partial charge in [0.25, 0.3) is 0 Å².